The van der Waals surface area contributed by atoms with E-state index in [4.69, 9.17) is 4.74 Å². The summed E-state index contributed by atoms with van der Waals surface area (Å²) < 4.78 is 7.08. The van der Waals surface area contributed by atoms with Gasteiger partial charge < -0.3 is 9.84 Å². The van der Waals surface area contributed by atoms with E-state index in [1.54, 1.807) is 30.4 Å². The minimum Gasteiger partial charge on any atom is -0.493 e. The molecule has 2 rings (SSSR count). The van der Waals surface area contributed by atoms with Gasteiger partial charge in [0.25, 0.3) is 0 Å². The average molecular weight is 261 g/mol. The van der Waals surface area contributed by atoms with Crippen molar-refractivity contribution < 1.29 is 9.84 Å². The maximum absolute atomic E-state index is 10.4. The first-order valence-corrected chi connectivity index (χ1v) is 6.43. The Morgan fingerprint density at radius 1 is 1.42 bits per heavy atom. The van der Waals surface area contributed by atoms with Gasteiger partial charge in [0.15, 0.2) is 5.75 Å². The molecule has 0 aliphatic rings. The zero-order chi connectivity index (χ0) is 13.7. The molecule has 0 aliphatic carbocycles. The van der Waals surface area contributed by atoms with Gasteiger partial charge in [-0.1, -0.05) is 13.0 Å². The SMILES string of the molecule is CCCn1ncc(OC)c1C(O)Cc1cccnc1. The summed E-state index contributed by atoms with van der Waals surface area (Å²) in [4.78, 5) is 4.06. The summed E-state index contributed by atoms with van der Waals surface area (Å²) in [5, 5.41) is 14.7. The number of nitrogens with zero attached hydrogens (tertiary/aromatic N) is 3. The number of aliphatic hydroxyl groups excluding tert-OH is 1. The minimum absolute atomic E-state index is 0.500. The van der Waals surface area contributed by atoms with E-state index in [-0.39, 0.29) is 0 Å². The van der Waals surface area contributed by atoms with Gasteiger partial charge in [0.1, 0.15) is 11.8 Å². The second-order valence-electron chi connectivity index (χ2n) is 4.40. The van der Waals surface area contributed by atoms with Gasteiger partial charge in [-0.2, -0.15) is 5.10 Å². The van der Waals surface area contributed by atoms with Crippen LogP contribution in [0.15, 0.2) is 30.7 Å². The zero-order valence-electron chi connectivity index (χ0n) is 11.3. The maximum atomic E-state index is 10.4. The Balaban J connectivity index is 2.22. The Bertz CT molecular complexity index is 511. The molecule has 0 radical (unpaired) electrons. The molecule has 0 amide bonds. The van der Waals surface area contributed by atoms with E-state index in [1.165, 1.54) is 0 Å². The lowest BCUT2D eigenvalue weighted by Crippen LogP contribution is -2.12. The molecule has 19 heavy (non-hydrogen) atoms. The van der Waals surface area contributed by atoms with Gasteiger partial charge in [0.05, 0.1) is 13.3 Å². The van der Waals surface area contributed by atoms with Crippen molar-refractivity contribution in [1.29, 1.82) is 0 Å². The Kier molecular flexibility index (Phi) is 4.52. The van der Waals surface area contributed by atoms with E-state index in [9.17, 15) is 5.11 Å². The fourth-order valence-electron chi connectivity index (χ4n) is 2.10. The summed E-state index contributed by atoms with van der Waals surface area (Å²) in [6.45, 7) is 2.84. The number of methoxy groups -OCH3 is 1. The number of hydrogen-bond donors (Lipinski definition) is 1. The predicted octanol–water partition coefficient (Wildman–Crippen LogP) is 1.97. The molecule has 0 aromatic carbocycles. The fraction of sp³-hybridized carbons (Fsp3) is 0.429. The monoisotopic (exact) mass is 261 g/mol. The van der Waals surface area contributed by atoms with Gasteiger partial charge in [-0.15, -0.1) is 0 Å². The first-order chi connectivity index (χ1) is 9.26. The van der Waals surface area contributed by atoms with E-state index >= 15 is 0 Å². The van der Waals surface area contributed by atoms with Gasteiger partial charge in [-0.25, -0.2) is 0 Å². The third-order valence-electron chi connectivity index (χ3n) is 2.97. The summed E-state index contributed by atoms with van der Waals surface area (Å²) >= 11 is 0. The minimum atomic E-state index is -0.645. The summed E-state index contributed by atoms with van der Waals surface area (Å²) in [7, 11) is 1.59. The fourth-order valence-corrected chi connectivity index (χ4v) is 2.10. The van der Waals surface area contributed by atoms with Gasteiger partial charge in [0.2, 0.25) is 0 Å². The molecule has 2 aromatic heterocycles. The van der Waals surface area contributed by atoms with E-state index in [2.05, 4.69) is 17.0 Å². The number of ether oxygens (including phenoxy) is 1. The number of pyridine rings is 1. The Labute approximate surface area is 112 Å². The molecule has 0 spiro atoms. The topological polar surface area (TPSA) is 60.2 Å². The number of aryl methyl sites for hydroxylation is 1. The summed E-state index contributed by atoms with van der Waals surface area (Å²) in [5.74, 6) is 0.629. The molecular weight excluding hydrogens is 242 g/mol. The maximum Gasteiger partial charge on any atom is 0.162 e. The Morgan fingerprint density at radius 2 is 2.26 bits per heavy atom. The number of hydrogen-bond acceptors (Lipinski definition) is 4. The van der Waals surface area contributed by atoms with E-state index in [0.29, 0.717) is 12.2 Å². The molecule has 2 aromatic rings. The van der Waals surface area contributed by atoms with Crippen molar-refractivity contribution in [3.05, 3.63) is 42.0 Å². The number of aromatic nitrogens is 3. The predicted molar refractivity (Wildman–Crippen MR) is 72.0 cm³/mol. The van der Waals surface area contributed by atoms with Crippen molar-refractivity contribution in [2.45, 2.75) is 32.4 Å². The highest BCUT2D eigenvalue weighted by Gasteiger charge is 2.20. The van der Waals surface area contributed by atoms with E-state index in [1.807, 2.05) is 12.1 Å². The second-order valence-corrected chi connectivity index (χ2v) is 4.40. The quantitative estimate of drug-likeness (QED) is 0.863. The van der Waals surface area contributed by atoms with Gasteiger partial charge in [0, 0.05) is 25.4 Å². The van der Waals surface area contributed by atoms with Crippen LogP contribution in [0, 0.1) is 0 Å². The number of rotatable bonds is 6. The van der Waals surface area contributed by atoms with Crippen LogP contribution < -0.4 is 4.74 Å². The third-order valence-corrected chi connectivity index (χ3v) is 2.97. The molecule has 1 N–H and O–H groups in total. The highest BCUT2D eigenvalue weighted by molar-refractivity contribution is 5.28. The lowest BCUT2D eigenvalue weighted by atomic mass is 10.1. The van der Waals surface area contributed by atoms with Gasteiger partial charge in [-0.05, 0) is 18.1 Å². The molecule has 5 nitrogen and oxygen atoms in total. The summed E-state index contributed by atoms with van der Waals surface area (Å²) in [5.41, 5.74) is 1.72. The highest BCUT2D eigenvalue weighted by Crippen LogP contribution is 2.27. The van der Waals surface area contributed by atoms with Gasteiger partial charge in [-0.3, -0.25) is 9.67 Å². The molecular formula is C14H19N3O2. The zero-order valence-corrected chi connectivity index (χ0v) is 11.3. The van der Waals surface area contributed by atoms with Crippen LogP contribution in [0.5, 0.6) is 5.75 Å². The molecule has 0 saturated heterocycles. The van der Waals surface area contributed by atoms with Crippen molar-refractivity contribution in [1.82, 2.24) is 14.8 Å². The lowest BCUT2D eigenvalue weighted by molar-refractivity contribution is 0.162. The normalized spacial score (nSPS) is 12.4. The Morgan fingerprint density at radius 3 is 2.89 bits per heavy atom. The molecule has 1 unspecified atom stereocenters. The van der Waals surface area contributed by atoms with Gasteiger partial charge >= 0.3 is 0 Å². The average Bonchev–Trinajstić information content (AvgIpc) is 2.83. The van der Waals surface area contributed by atoms with Crippen molar-refractivity contribution in [2.75, 3.05) is 7.11 Å². The lowest BCUT2D eigenvalue weighted by Gasteiger charge is -2.14. The van der Waals surface area contributed by atoms with Crippen LogP contribution in [-0.4, -0.2) is 27.0 Å². The van der Waals surface area contributed by atoms with Crippen LogP contribution in [-0.2, 0) is 13.0 Å². The van der Waals surface area contributed by atoms with Crippen LogP contribution >= 0.6 is 0 Å². The molecule has 2 heterocycles. The van der Waals surface area contributed by atoms with Crippen LogP contribution in [0.3, 0.4) is 0 Å². The van der Waals surface area contributed by atoms with Crippen molar-refractivity contribution in [3.8, 4) is 5.75 Å². The summed E-state index contributed by atoms with van der Waals surface area (Å²) in [6.07, 6.45) is 5.94. The van der Waals surface area contributed by atoms with Crippen LogP contribution in [0.1, 0.15) is 30.7 Å². The molecule has 0 aliphatic heterocycles. The van der Waals surface area contributed by atoms with Crippen LogP contribution in [0.4, 0.5) is 0 Å². The third kappa shape index (κ3) is 3.12. The molecule has 1 atom stereocenters. The Hall–Kier alpha value is -1.88. The second kappa shape index (κ2) is 6.33. The van der Waals surface area contributed by atoms with E-state index in [0.717, 1.165) is 24.2 Å². The molecule has 0 fully saturated rings. The largest absolute Gasteiger partial charge is 0.493 e. The molecule has 0 bridgehead atoms. The number of aliphatic hydroxyl groups is 1. The smallest absolute Gasteiger partial charge is 0.162 e. The van der Waals surface area contributed by atoms with Crippen molar-refractivity contribution >= 4 is 0 Å². The van der Waals surface area contributed by atoms with Crippen LogP contribution in [0.25, 0.3) is 0 Å². The van der Waals surface area contributed by atoms with Crippen molar-refractivity contribution in [3.63, 3.8) is 0 Å². The van der Waals surface area contributed by atoms with Crippen molar-refractivity contribution in [2.24, 2.45) is 0 Å². The molecule has 102 valence electrons. The highest BCUT2D eigenvalue weighted by atomic mass is 16.5. The van der Waals surface area contributed by atoms with Crippen LogP contribution in [0.2, 0.25) is 0 Å². The standard InChI is InChI=1S/C14H19N3O2/c1-3-7-17-14(13(19-2)10-16-17)12(18)8-11-5-4-6-15-9-11/h4-6,9-10,12,18H,3,7-8H2,1-2H3. The first kappa shape index (κ1) is 13.5. The molecule has 5 heteroatoms. The van der Waals surface area contributed by atoms with E-state index < -0.39 is 6.10 Å². The molecule has 0 saturated carbocycles. The summed E-state index contributed by atoms with van der Waals surface area (Å²) in [6, 6.07) is 3.81. The first-order valence-electron chi connectivity index (χ1n) is 6.43.